The molecule has 1 N–H and O–H groups in total. The van der Waals surface area contributed by atoms with E-state index in [4.69, 9.17) is 4.74 Å². The van der Waals surface area contributed by atoms with E-state index in [-0.39, 0.29) is 30.1 Å². The molecule has 0 spiro atoms. The summed E-state index contributed by atoms with van der Waals surface area (Å²) in [5.74, 6) is 1.29. The average molecular weight is 508 g/mol. The van der Waals surface area contributed by atoms with E-state index in [0.29, 0.717) is 45.1 Å². The number of hydrogen-bond donors (Lipinski definition) is 1. The molecule has 1 heterocycles. The van der Waals surface area contributed by atoms with E-state index >= 15 is 0 Å². The lowest BCUT2D eigenvalue weighted by Crippen LogP contribution is -2.54. The monoisotopic (exact) mass is 508 g/mol. The van der Waals surface area contributed by atoms with Gasteiger partial charge in [-0.1, -0.05) is 18.2 Å². The van der Waals surface area contributed by atoms with Crippen molar-refractivity contribution in [2.45, 2.75) is 18.7 Å². The number of halogens is 1. The average Bonchev–Trinajstić information content (AvgIpc) is 2.68. The highest BCUT2D eigenvalue weighted by Gasteiger charge is 2.23. The topological polar surface area (TPSA) is 74.2 Å². The van der Waals surface area contributed by atoms with Gasteiger partial charge in [0.15, 0.2) is 5.96 Å². The van der Waals surface area contributed by atoms with E-state index in [1.54, 1.807) is 4.90 Å². The van der Waals surface area contributed by atoms with Crippen LogP contribution in [0.2, 0.25) is 0 Å². The van der Waals surface area contributed by atoms with Crippen LogP contribution < -0.4 is 5.32 Å². The van der Waals surface area contributed by atoms with Gasteiger partial charge in [0, 0.05) is 43.4 Å². The van der Waals surface area contributed by atoms with Gasteiger partial charge >= 0.3 is 6.09 Å². The molecule has 1 unspecified atom stereocenters. The van der Waals surface area contributed by atoms with Crippen LogP contribution in [0.1, 0.15) is 13.8 Å². The van der Waals surface area contributed by atoms with E-state index in [1.165, 1.54) is 0 Å². The van der Waals surface area contributed by atoms with Gasteiger partial charge in [-0.15, -0.1) is 24.0 Å². The predicted molar refractivity (Wildman–Crippen MR) is 119 cm³/mol. The summed E-state index contributed by atoms with van der Waals surface area (Å²) in [4.78, 5) is 21.1. The fourth-order valence-electron chi connectivity index (χ4n) is 2.67. The first-order valence-electron chi connectivity index (χ1n) is 9.04. The highest BCUT2D eigenvalue weighted by Crippen LogP contribution is 2.07. The predicted octanol–water partition coefficient (Wildman–Crippen LogP) is 2.15. The number of hydrogen-bond acceptors (Lipinski definition) is 4. The van der Waals surface area contributed by atoms with E-state index in [1.807, 2.05) is 44.2 Å². The Kier molecular flexibility index (Phi) is 11.3. The molecule has 0 radical (unpaired) electrons. The van der Waals surface area contributed by atoms with Crippen molar-refractivity contribution >= 4 is 46.8 Å². The molecule has 1 amide bonds. The van der Waals surface area contributed by atoms with Gasteiger partial charge in [-0.2, -0.15) is 0 Å². The second-order valence-corrected chi connectivity index (χ2v) is 7.34. The van der Waals surface area contributed by atoms with Crippen LogP contribution in [0.15, 0.2) is 40.2 Å². The number of piperazine rings is 1. The molecule has 9 heteroatoms. The van der Waals surface area contributed by atoms with Crippen molar-refractivity contribution in [1.82, 2.24) is 15.1 Å². The number of nitrogens with zero attached hydrogens (tertiary/aromatic N) is 3. The van der Waals surface area contributed by atoms with E-state index in [9.17, 15) is 9.00 Å². The van der Waals surface area contributed by atoms with Crippen molar-refractivity contribution in [3.8, 4) is 0 Å². The van der Waals surface area contributed by atoms with Crippen molar-refractivity contribution in [2.75, 3.05) is 51.6 Å². The first kappa shape index (κ1) is 23.7. The standard InChI is InChI=1S/C18H28N4O3S.HI/c1-3-19-17(20-10-15-26(24)16-8-6-5-7-9-16)21-11-13-22(14-12-21)18(23)25-4-2;/h5-9H,3-4,10-15H2,1-2H3,(H,19,20);1H. The van der Waals surface area contributed by atoms with Gasteiger partial charge in [0.1, 0.15) is 0 Å². The second-order valence-electron chi connectivity index (χ2n) is 5.77. The Morgan fingerprint density at radius 2 is 1.78 bits per heavy atom. The summed E-state index contributed by atoms with van der Waals surface area (Å²) in [5, 5.41) is 3.28. The molecule has 1 fully saturated rings. The molecule has 2 rings (SSSR count). The van der Waals surface area contributed by atoms with Gasteiger partial charge in [-0.05, 0) is 26.0 Å². The molecule has 1 saturated heterocycles. The summed E-state index contributed by atoms with van der Waals surface area (Å²) in [6.45, 7) is 8.09. The fraction of sp³-hybridized carbons (Fsp3) is 0.556. The van der Waals surface area contributed by atoms with Crippen molar-refractivity contribution in [2.24, 2.45) is 4.99 Å². The van der Waals surface area contributed by atoms with Gasteiger partial charge in [-0.3, -0.25) is 9.20 Å². The number of benzene rings is 1. The summed E-state index contributed by atoms with van der Waals surface area (Å²) in [6, 6.07) is 9.45. The van der Waals surface area contributed by atoms with Crippen LogP contribution in [0.3, 0.4) is 0 Å². The minimum absolute atomic E-state index is 0. The summed E-state index contributed by atoms with van der Waals surface area (Å²) < 4.78 is 17.3. The van der Waals surface area contributed by atoms with Crippen LogP contribution in [0.25, 0.3) is 0 Å². The number of nitrogens with one attached hydrogen (secondary N) is 1. The van der Waals surface area contributed by atoms with Crippen LogP contribution in [-0.4, -0.2) is 77.7 Å². The maximum atomic E-state index is 12.3. The van der Waals surface area contributed by atoms with E-state index in [2.05, 4.69) is 15.2 Å². The Labute approximate surface area is 181 Å². The maximum absolute atomic E-state index is 12.3. The third-order valence-electron chi connectivity index (χ3n) is 3.98. The summed E-state index contributed by atoms with van der Waals surface area (Å²) in [6.07, 6.45) is -0.257. The Bertz CT molecular complexity index is 622. The summed E-state index contributed by atoms with van der Waals surface area (Å²) >= 11 is 0. The molecule has 7 nitrogen and oxygen atoms in total. The quantitative estimate of drug-likeness (QED) is 0.362. The largest absolute Gasteiger partial charge is 0.450 e. The minimum atomic E-state index is -1.05. The van der Waals surface area contributed by atoms with Crippen LogP contribution >= 0.6 is 24.0 Å². The molecule has 1 aromatic rings. The molecule has 1 aliphatic rings. The van der Waals surface area contributed by atoms with Crippen LogP contribution in [0, 0.1) is 0 Å². The molecule has 0 aromatic heterocycles. The Morgan fingerprint density at radius 3 is 2.37 bits per heavy atom. The third kappa shape index (κ3) is 7.65. The Morgan fingerprint density at radius 1 is 1.15 bits per heavy atom. The van der Waals surface area contributed by atoms with Gasteiger partial charge in [0.05, 0.1) is 24.0 Å². The van der Waals surface area contributed by atoms with E-state index in [0.717, 1.165) is 17.4 Å². The maximum Gasteiger partial charge on any atom is 0.409 e. The number of ether oxygens (including phenoxy) is 1. The molecule has 0 bridgehead atoms. The zero-order valence-corrected chi connectivity index (χ0v) is 19.1. The normalized spacial score (nSPS) is 15.7. The zero-order chi connectivity index (χ0) is 18.8. The van der Waals surface area contributed by atoms with Crippen molar-refractivity contribution < 1.29 is 13.7 Å². The van der Waals surface area contributed by atoms with Gasteiger partial charge in [0.2, 0.25) is 0 Å². The first-order chi connectivity index (χ1) is 12.7. The zero-order valence-electron chi connectivity index (χ0n) is 15.9. The SMILES string of the molecule is CCNC(=NCCS(=O)c1ccccc1)N1CCN(C(=O)OCC)CC1.I. The Balaban J connectivity index is 0.00000364. The second kappa shape index (κ2) is 12.9. The number of rotatable bonds is 6. The number of aliphatic imine (C=N–C) groups is 1. The molecular weight excluding hydrogens is 479 g/mol. The molecule has 1 aliphatic heterocycles. The highest BCUT2D eigenvalue weighted by molar-refractivity contribution is 14.0. The third-order valence-corrected chi connectivity index (χ3v) is 5.34. The Hall–Kier alpha value is -1.36. The number of carbonyl (C=O) groups is 1. The van der Waals surface area contributed by atoms with Gasteiger partial charge in [-0.25, -0.2) is 4.79 Å². The summed E-state index contributed by atoms with van der Waals surface area (Å²) in [5.41, 5.74) is 0. The number of carbonyl (C=O) groups excluding carboxylic acids is 1. The van der Waals surface area contributed by atoms with Crippen LogP contribution in [0.4, 0.5) is 4.79 Å². The van der Waals surface area contributed by atoms with Gasteiger partial charge in [0.25, 0.3) is 0 Å². The first-order valence-corrected chi connectivity index (χ1v) is 10.4. The molecule has 152 valence electrons. The highest BCUT2D eigenvalue weighted by atomic mass is 127. The van der Waals surface area contributed by atoms with Crippen molar-refractivity contribution in [1.29, 1.82) is 0 Å². The smallest absolute Gasteiger partial charge is 0.409 e. The number of guanidine groups is 1. The lowest BCUT2D eigenvalue weighted by Gasteiger charge is -2.35. The van der Waals surface area contributed by atoms with Crippen molar-refractivity contribution in [3.05, 3.63) is 30.3 Å². The molecular formula is C18H29IN4O3S. The van der Waals surface area contributed by atoms with E-state index < -0.39 is 10.8 Å². The van der Waals surface area contributed by atoms with Crippen LogP contribution in [-0.2, 0) is 15.5 Å². The fourth-order valence-corrected chi connectivity index (χ4v) is 3.62. The molecule has 0 aliphatic carbocycles. The summed E-state index contributed by atoms with van der Waals surface area (Å²) in [7, 11) is -1.05. The van der Waals surface area contributed by atoms with Crippen molar-refractivity contribution in [3.63, 3.8) is 0 Å². The molecule has 27 heavy (non-hydrogen) atoms. The molecule has 0 saturated carbocycles. The van der Waals surface area contributed by atoms with Crippen LogP contribution in [0.5, 0.6) is 0 Å². The minimum Gasteiger partial charge on any atom is -0.450 e. The van der Waals surface area contributed by atoms with Gasteiger partial charge < -0.3 is 19.9 Å². The lowest BCUT2D eigenvalue weighted by molar-refractivity contribution is 0.0914. The lowest BCUT2D eigenvalue weighted by atomic mass is 10.3. The number of amides is 1. The molecule has 1 aromatic carbocycles. The molecule has 1 atom stereocenters.